The van der Waals surface area contributed by atoms with Crippen LogP contribution in [0.1, 0.15) is 19.8 Å². The fourth-order valence-electron chi connectivity index (χ4n) is 1.74. The molecular weight excluding hydrogens is 204 g/mol. The van der Waals surface area contributed by atoms with Gasteiger partial charge in [0.1, 0.15) is 0 Å². The van der Waals surface area contributed by atoms with Gasteiger partial charge in [-0.15, -0.1) is 0 Å². The first-order chi connectivity index (χ1) is 7.83. The van der Waals surface area contributed by atoms with Crippen LogP contribution in [0, 0.1) is 0 Å². The third-order valence-corrected chi connectivity index (χ3v) is 2.78. The maximum Gasteiger partial charge on any atom is 0.0826 e. The Morgan fingerprint density at radius 1 is 1.44 bits per heavy atom. The van der Waals surface area contributed by atoms with E-state index in [9.17, 15) is 0 Å². The molecule has 0 aromatic rings. The maximum atomic E-state index is 5.65. The lowest BCUT2D eigenvalue weighted by molar-refractivity contribution is 0.00494. The van der Waals surface area contributed by atoms with Crippen molar-refractivity contribution in [3.63, 3.8) is 0 Å². The zero-order chi connectivity index (χ0) is 11.6. The van der Waals surface area contributed by atoms with Gasteiger partial charge < -0.3 is 19.7 Å². The van der Waals surface area contributed by atoms with Crippen LogP contribution in [0.3, 0.4) is 0 Å². The minimum Gasteiger partial charge on any atom is -0.380 e. The van der Waals surface area contributed by atoms with Gasteiger partial charge in [-0.05, 0) is 13.5 Å². The highest BCUT2D eigenvalue weighted by Crippen LogP contribution is 1.98. The number of hydrogen-bond acceptors (Lipinski definition) is 4. The van der Waals surface area contributed by atoms with Crippen molar-refractivity contribution in [2.75, 3.05) is 53.0 Å². The second kappa shape index (κ2) is 8.93. The first-order valence-corrected chi connectivity index (χ1v) is 6.41. The van der Waals surface area contributed by atoms with Crippen molar-refractivity contribution in [1.82, 2.24) is 10.2 Å². The lowest BCUT2D eigenvalue weighted by Gasteiger charge is -2.27. The van der Waals surface area contributed by atoms with Gasteiger partial charge in [-0.3, -0.25) is 0 Å². The molecule has 0 spiro atoms. The highest BCUT2D eigenvalue weighted by molar-refractivity contribution is 4.70. The highest BCUT2D eigenvalue weighted by Gasteiger charge is 2.14. The molecule has 1 aliphatic heterocycles. The highest BCUT2D eigenvalue weighted by atomic mass is 16.5. The quantitative estimate of drug-likeness (QED) is 0.623. The summed E-state index contributed by atoms with van der Waals surface area (Å²) < 4.78 is 11.2. The summed E-state index contributed by atoms with van der Waals surface area (Å²) in [5.41, 5.74) is 0. The SMILES string of the molecule is CCCCOCCN(C)CC1CNCCO1. The van der Waals surface area contributed by atoms with Crippen LogP contribution in [-0.4, -0.2) is 64.1 Å². The van der Waals surface area contributed by atoms with Crippen LogP contribution >= 0.6 is 0 Å². The number of morpholine rings is 1. The summed E-state index contributed by atoms with van der Waals surface area (Å²) in [4.78, 5) is 2.28. The van der Waals surface area contributed by atoms with E-state index in [0.717, 1.165) is 46.0 Å². The second-order valence-corrected chi connectivity index (χ2v) is 4.43. The van der Waals surface area contributed by atoms with E-state index >= 15 is 0 Å². The number of likely N-dealkylation sites (N-methyl/N-ethyl adjacent to an activating group) is 1. The van der Waals surface area contributed by atoms with Crippen molar-refractivity contribution < 1.29 is 9.47 Å². The van der Waals surface area contributed by atoms with Gasteiger partial charge in [0.2, 0.25) is 0 Å². The molecule has 1 atom stereocenters. The summed E-state index contributed by atoms with van der Waals surface area (Å²) >= 11 is 0. The van der Waals surface area contributed by atoms with E-state index in [0.29, 0.717) is 6.10 Å². The van der Waals surface area contributed by atoms with E-state index in [2.05, 4.69) is 24.2 Å². The molecule has 1 heterocycles. The zero-order valence-electron chi connectivity index (χ0n) is 10.7. The molecule has 16 heavy (non-hydrogen) atoms. The van der Waals surface area contributed by atoms with E-state index in [4.69, 9.17) is 9.47 Å². The first-order valence-electron chi connectivity index (χ1n) is 6.41. The number of nitrogens with one attached hydrogen (secondary N) is 1. The Labute approximate surface area is 99.3 Å². The summed E-state index contributed by atoms with van der Waals surface area (Å²) in [5, 5.41) is 3.34. The van der Waals surface area contributed by atoms with E-state index in [1.165, 1.54) is 12.8 Å². The number of nitrogens with zero attached hydrogens (tertiary/aromatic N) is 1. The number of rotatable bonds is 8. The van der Waals surface area contributed by atoms with Gasteiger partial charge in [-0.25, -0.2) is 0 Å². The van der Waals surface area contributed by atoms with Gasteiger partial charge in [-0.1, -0.05) is 13.3 Å². The molecule has 1 unspecified atom stereocenters. The van der Waals surface area contributed by atoms with Crippen molar-refractivity contribution in [2.24, 2.45) is 0 Å². The second-order valence-electron chi connectivity index (χ2n) is 4.43. The van der Waals surface area contributed by atoms with Crippen LogP contribution < -0.4 is 5.32 Å². The summed E-state index contributed by atoms with van der Waals surface area (Å²) in [7, 11) is 2.13. The molecule has 0 saturated carbocycles. The molecule has 96 valence electrons. The van der Waals surface area contributed by atoms with E-state index in [-0.39, 0.29) is 0 Å². The van der Waals surface area contributed by atoms with Crippen LogP contribution in [0.5, 0.6) is 0 Å². The maximum absolute atomic E-state index is 5.65. The molecular formula is C12H26N2O2. The largest absolute Gasteiger partial charge is 0.380 e. The van der Waals surface area contributed by atoms with Gasteiger partial charge >= 0.3 is 0 Å². The molecule has 0 radical (unpaired) electrons. The minimum absolute atomic E-state index is 0.342. The molecule has 0 amide bonds. The summed E-state index contributed by atoms with van der Waals surface area (Å²) in [5.74, 6) is 0. The van der Waals surface area contributed by atoms with Crippen molar-refractivity contribution in [3.8, 4) is 0 Å². The Morgan fingerprint density at radius 3 is 3.00 bits per heavy atom. The molecule has 1 N–H and O–H groups in total. The van der Waals surface area contributed by atoms with E-state index in [1.807, 2.05) is 0 Å². The average molecular weight is 230 g/mol. The summed E-state index contributed by atoms with van der Waals surface area (Å²) in [6.45, 7) is 8.69. The average Bonchev–Trinajstić information content (AvgIpc) is 2.30. The molecule has 4 nitrogen and oxygen atoms in total. The Morgan fingerprint density at radius 2 is 2.31 bits per heavy atom. The Hall–Kier alpha value is -0.160. The zero-order valence-corrected chi connectivity index (χ0v) is 10.7. The van der Waals surface area contributed by atoms with Crippen LogP contribution in [0.25, 0.3) is 0 Å². The van der Waals surface area contributed by atoms with Crippen LogP contribution in [0.2, 0.25) is 0 Å². The van der Waals surface area contributed by atoms with Gasteiger partial charge in [0.25, 0.3) is 0 Å². The van der Waals surface area contributed by atoms with Crippen LogP contribution in [-0.2, 0) is 9.47 Å². The smallest absolute Gasteiger partial charge is 0.0826 e. The number of hydrogen-bond donors (Lipinski definition) is 1. The lowest BCUT2D eigenvalue weighted by Crippen LogP contribution is -2.44. The monoisotopic (exact) mass is 230 g/mol. The fraction of sp³-hybridized carbons (Fsp3) is 1.00. The molecule has 1 aliphatic rings. The summed E-state index contributed by atoms with van der Waals surface area (Å²) in [6, 6.07) is 0. The van der Waals surface area contributed by atoms with Gasteiger partial charge in [-0.2, -0.15) is 0 Å². The Balaban J connectivity index is 1.95. The van der Waals surface area contributed by atoms with Crippen molar-refractivity contribution in [3.05, 3.63) is 0 Å². The normalized spacial score (nSPS) is 21.6. The van der Waals surface area contributed by atoms with Crippen LogP contribution in [0.4, 0.5) is 0 Å². The molecule has 0 aromatic carbocycles. The van der Waals surface area contributed by atoms with Crippen molar-refractivity contribution in [2.45, 2.75) is 25.9 Å². The number of ether oxygens (including phenoxy) is 2. The third-order valence-electron chi connectivity index (χ3n) is 2.78. The van der Waals surface area contributed by atoms with E-state index in [1.54, 1.807) is 0 Å². The molecule has 1 saturated heterocycles. The fourth-order valence-corrected chi connectivity index (χ4v) is 1.74. The van der Waals surface area contributed by atoms with Crippen molar-refractivity contribution in [1.29, 1.82) is 0 Å². The molecule has 4 heteroatoms. The van der Waals surface area contributed by atoms with Gasteiger partial charge in [0.15, 0.2) is 0 Å². The third kappa shape index (κ3) is 6.43. The minimum atomic E-state index is 0.342. The standard InChI is InChI=1S/C12H26N2O2/c1-3-4-7-15-9-6-14(2)11-12-10-13-5-8-16-12/h12-13H,3-11H2,1-2H3. The summed E-state index contributed by atoms with van der Waals surface area (Å²) in [6.07, 6.45) is 2.71. The first kappa shape index (κ1) is 13.9. The van der Waals surface area contributed by atoms with Gasteiger partial charge in [0.05, 0.1) is 19.3 Å². The Kier molecular flexibility index (Phi) is 7.76. The molecule has 0 aromatic heterocycles. The van der Waals surface area contributed by atoms with Crippen molar-refractivity contribution >= 4 is 0 Å². The predicted octanol–water partition coefficient (Wildman–Crippen LogP) is 0.723. The molecule has 1 rings (SSSR count). The number of unbranched alkanes of at least 4 members (excludes halogenated alkanes) is 1. The molecule has 0 aliphatic carbocycles. The topological polar surface area (TPSA) is 33.7 Å². The van der Waals surface area contributed by atoms with E-state index < -0.39 is 0 Å². The van der Waals surface area contributed by atoms with Crippen LogP contribution in [0.15, 0.2) is 0 Å². The molecule has 0 bridgehead atoms. The Bertz CT molecular complexity index is 161. The van der Waals surface area contributed by atoms with Gasteiger partial charge in [0, 0.05) is 32.8 Å². The lowest BCUT2D eigenvalue weighted by atomic mass is 10.3. The predicted molar refractivity (Wildman–Crippen MR) is 65.8 cm³/mol. The molecule has 1 fully saturated rings.